The van der Waals surface area contributed by atoms with Crippen molar-refractivity contribution in [3.05, 3.63) is 69.8 Å². The van der Waals surface area contributed by atoms with Gasteiger partial charge in [-0.05, 0) is 42.8 Å². The summed E-state index contributed by atoms with van der Waals surface area (Å²) in [7, 11) is 0. The van der Waals surface area contributed by atoms with E-state index in [0.29, 0.717) is 11.1 Å². The topological polar surface area (TPSA) is 116 Å². The van der Waals surface area contributed by atoms with Gasteiger partial charge in [-0.25, -0.2) is 4.79 Å². The second-order valence-electron chi connectivity index (χ2n) is 5.55. The Hall–Kier alpha value is -3.92. The molecule has 3 rings (SSSR count). The summed E-state index contributed by atoms with van der Waals surface area (Å²) in [4.78, 5) is 27.8. The quantitative estimate of drug-likeness (QED) is 0.427. The molecular formula is C19H13N3O4. The van der Waals surface area contributed by atoms with Crippen molar-refractivity contribution in [3.63, 3.8) is 0 Å². The summed E-state index contributed by atoms with van der Waals surface area (Å²) in [6.45, 7) is 1.82. The van der Waals surface area contributed by atoms with Crippen LogP contribution in [0.25, 0.3) is 17.0 Å². The molecule has 26 heavy (non-hydrogen) atoms. The summed E-state index contributed by atoms with van der Waals surface area (Å²) in [6, 6.07) is 9.23. The van der Waals surface area contributed by atoms with Crippen LogP contribution in [0.3, 0.4) is 0 Å². The number of carbonyl (C=O) groups is 1. The van der Waals surface area contributed by atoms with E-state index in [1.54, 1.807) is 24.4 Å². The van der Waals surface area contributed by atoms with Gasteiger partial charge in [0.1, 0.15) is 23.0 Å². The lowest BCUT2D eigenvalue weighted by Gasteiger charge is -2.06. The standard InChI is InChI=1S/C19H13N3O4/c1-11-6-14(10-21-9-11)22-19(25)13(8-20)7-15-16(23)4-2-12-3-5-17(24)26-18(12)15/h2-7,9-10,23H,1H3,(H,22,25). The van der Waals surface area contributed by atoms with E-state index in [1.807, 2.05) is 6.92 Å². The van der Waals surface area contributed by atoms with E-state index in [2.05, 4.69) is 10.3 Å². The van der Waals surface area contributed by atoms with Gasteiger partial charge in [-0.3, -0.25) is 9.78 Å². The molecule has 0 unspecified atom stereocenters. The molecular weight excluding hydrogens is 334 g/mol. The number of carbonyl (C=O) groups excluding carboxylic acids is 1. The highest BCUT2D eigenvalue weighted by Crippen LogP contribution is 2.28. The van der Waals surface area contributed by atoms with Crippen LogP contribution in [-0.4, -0.2) is 16.0 Å². The normalized spacial score (nSPS) is 11.2. The van der Waals surface area contributed by atoms with Gasteiger partial charge in [0, 0.05) is 17.6 Å². The van der Waals surface area contributed by atoms with Gasteiger partial charge in [0.15, 0.2) is 0 Å². The molecule has 0 fully saturated rings. The molecule has 1 amide bonds. The maximum Gasteiger partial charge on any atom is 0.336 e. The van der Waals surface area contributed by atoms with Crippen molar-refractivity contribution in [3.8, 4) is 11.8 Å². The first kappa shape index (κ1) is 16.9. The number of nitriles is 1. The molecule has 2 N–H and O–H groups in total. The predicted octanol–water partition coefficient (Wildman–Crippen LogP) is 2.75. The number of rotatable bonds is 3. The second kappa shape index (κ2) is 6.91. The minimum atomic E-state index is -0.672. The number of phenolic OH excluding ortho intramolecular Hbond substituents is 1. The number of anilines is 1. The third kappa shape index (κ3) is 3.44. The number of pyridine rings is 1. The lowest BCUT2D eigenvalue weighted by Crippen LogP contribution is -2.13. The number of nitrogens with one attached hydrogen (secondary N) is 1. The van der Waals surface area contributed by atoms with E-state index in [-0.39, 0.29) is 22.5 Å². The fraction of sp³-hybridized carbons (Fsp3) is 0.0526. The SMILES string of the molecule is Cc1cncc(NC(=O)C(C#N)=Cc2c(O)ccc3ccc(=O)oc23)c1. The highest BCUT2D eigenvalue weighted by Gasteiger charge is 2.14. The van der Waals surface area contributed by atoms with Crippen LogP contribution >= 0.6 is 0 Å². The molecule has 0 aliphatic heterocycles. The van der Waals surface area contributed by atoms with Crippen molar-refractivity contribution in [1.29, 1.82) is 5.26 Å². The van der Waals surface area contributed by atoms with Crippen LogP contribution in [-0.2, 0) is 4.79 Å². The van der Waals surface area contributed by atoms with Gasteiger partial charge in [-0.15, -0.1) is 0 Å². The van der Waals surface area contributed by atoms with Crippen LogP contribution in [0.5, 0.6) is 5.75 Å². The maximum absolute atomic E-state index is 12.4. The van der Waals surface area contributed by atoms with Gasteiger partial charge >= 0.3 is 5.63 Å². The summed E-state index contributed by atoms with van der Waals surface area (Å²) in [5.74, 6) is -0.890. The molecule has 1 aromatic carbocycles. The van der Waals surface area contributed by atoms with Gasteiger partial charge in [0.25, 0.3) is 5.91 Å². The zero-order valence-electron chi connectivity index (χ0n) is 13.7. The summed E-state index contributed by atoms with van der Waals surface area (Å²) in [6.07, 6.45) is 4.26. The van der Waals surface area contributed by atoms with Crippen LogP contribution in [0.1, 0.15) is 11.1 Å². The van der Waals surface area contributed by atoms with Crippen LogP contribution in [0, 0.1) is 18.3 Å². The zero-order chi connectivity index (χ0) is 18.7. The van der Waals surface area contributed by atoms with Crippen molar-refractivity contribution in [2.24, 2.45) is 0 Å². The number of aromatic nitrogens is 1. The molecule has 2 heterocycles. The van der Waals surface area contributed by atoms with Gasteiger partial charge in [-0.2, -0.15) is 5.26 Å². The minimum absolute atomic E-state index is 0.0780. The number of hydrogen-bond acceptors (Lipinski definition) is 6. The molecule has 7 heteroatoms. The first-order valence-electron chi connectivity index (χ1n) is 7.58. The number of amides is 1. The van der Waals surface area contributed by atoms with E-state index in [4.69, 9.17) is 4.42 Å². The Morgan fingerprint density at radius 3 is 2.81 bits per heavy atom. The Kier molecular flexibility index (Phi) is 4.50. The first-order chi connectivity index (χ1) is 12.5. The molecule has 0 atom stereocenters. The molecule has 7 nitrogen and oxygen atoms in total. The van der Waals surface area contributed by atoms with E-state index < -0.39 is 11.5 Å². The summed E-state index contributed by atoms with van der Waals surface area (Å²) in [5, 5.41) is 22.6. The van der Waals surface area contributed by atoms with Crippen LogP contribution in [0.4, 0.5) is 5.69 Å². The number of benzene rings is 1. The van der Waals surface area contributed by atoms with Crippen molar-refractivity contribution in [2.75, 3.05) is 5.32 Å². The second-order valence-corrected chi connectivity index (χ2v) is 5.55. The van der Waals surface area contributed by atoms with Crippen LogP contribution < -0.4 is 10.9 Å². The van der Waals surface area contributed by atoms with Crippen molar-refractivity contribution < 1.29 is 14.3 Å². The molecule has 0 radical (unpaired) electrons. The number of aromatic hydroxyl groups is 1. The first-order valence-corrected chi connectivity index (χ1v) is 7.58. The lowest BCUT2D eigenvalue weighted by molar-refractivity contribution is -0.112. The molecule has 2 aromatic heterocycles. The Morgan fingerprint density at radius 1 is 1.31 bits per heavy atom. The largest absolute Gasteiger partial charge is 0.507 e. The third-order valence-electron chi connectivity index (χ3n) is 3.59. The molecule has 0 spiro atoms. The smallest absolute Gasteiger partial charge is 0.336 e. The van der Waals surface area contributed by atoms with Gasteiger partial charge in [0.05, 0.1) is 17.4 Å². The molecule has 0 aliphatic rings. The number of fused-ring (bicyclic) bond motifs is 1. The summed E-state index contributed by atoms with van der Waals surface area (Å²) >= 11 is 0. The Morgan fingerprint density at radius 2 is 2.08 bits per heavy atom. The zero-order valence-corrected chi connectivity index (χ0v) is 13.7. The minimum Gasteiger partial charge on any atom is -0.507 e. The van der Waals surface area contributed by atoms with E-state index >= 15 is 0 Å². The molecule has 0 saturated heterocycles. The predicted molar refractivity (Wildman–Crippen MR) is 95.3 cm³/mol. The van der Waals surface area contributed by atoms with Crippen molar-refractivity contribution >= 4 is 28.6 Å². The third-order valence-corrected chi connectivity index (χ3v) is 3.59. The molecule has 3 aromatic rings. The summed E-state index contributed by atoms with van der Waals surface area (Å²) < 4.78 is 5.12. The fourth-order valence-electron chi connectivity index (χ4n) is 2.40. The van der Waals surface area contributed by atoms with Crippen LogP contribution in [0.2, 0.25) is 0 Å². The number of hydrogen-bond donors (Lipinski definition) is 2. The highest BCUT2D eigenvalue weighted by molar-refractivity contribution is 6.10. The maximum atomic E-state index is 12.4. The molecule has 128 valence electrons. The average molecular weight is 347 g/mol. The Balaban J connectivity index is 2.04. The van der Waals surface area contributed by atoms with Gasteiger partial charge < -0.3 is 14.8 Å². The van der Waals surface area contributed by atoms with Crippen molar-refractivity contribution in [1.82, 2.24) is 4.98 Å². The van der Waals surface area contributed by atoms with Crippen molar-refractivity contribution in [2.45, 2.75) is 6.92 Å². The van der Waals surface area contributed by atoms with E-state index in [9.17, 15) is 20.0 Å². The van der Waals surface area contributed by atoms with Gasteiger partial charge in [-0.1, -0.05) is 0 Å². The molecule has 0 bridgehead atoms. The number of nitrogens with zero attached hydrogens (tertiary/aromatic N) is 2. The molecule has 0 saturated carbocycles. The average Bonchev–Trinajstić information content (AvgIpc) is 2.61. The van der Waals surface area contributed by atoms with Gasteiger partial charge in [0.2, 0.25) is 0 Å². The lowest BCUT2D eigenvalue weighted by atomic mass is 10.1. The van der Waals surface area contributed by atoms with Crippen LogP contribution in [0.15, 0.2) is 57.5 Å². The molecule has 0 aliphatic carbocycles. The Bertz CT molecular complexity index is 1140. The monoisotopic (exact) mass is 347 g/mol. The number of aryl methyl sites for hydroxylation is 1. The van der Waals surface area contributed by atoms with E-state index in [0.717, 1.165) is 5.56 Å². The number of phenols is 1. The van der Waals surface area contributed by atoms with E-state index in [1.165, 1.54) is 30.5 Å². The summed E-state index contributed by atoms with van der Waals surface area (Å²) in [5.41, 5.74) is 0.584. The highest BCUT2D eigenvalue weighted by atomic mass is 16.4. The fourth-order valence-corrected chi connectivity index (χ4v) is 2.40. The Labute approximate surface area is 147 Å².